The van der Waals surface area contributed by atoms with Gasteiger partial charge in [0.25, 0.3) is 0 Å². The third kappa shape index (κ3) is 2.09. The summed E-state index contributed by atoms with van der Waals surface area (Å²) in [4.78, 5) is 9.04. The molecule has 2 heterocycles. The molecular formula is C19H11ClN4O2. The van der Waals surface area contributed by atoms with Gasteiger partial charge in [0.15, 0.2) is 16.9 Å². The molecule has 5 aromatic rings. The summed E-state index contributed by atoms with van der Waals surface area (Å²) in [5.74, 6) is 0.540. The maximum absolute atomic E-state index is 12.7. The first-order valence-corrected chi connectivity index (χ1v) is 8.29. The highest BCUT2D eigenvalue weighted by atomic mass is 35.5. The number of benzene rings is 3. The lowest BCUT2D eigenvalue weighted by Crippen LogP contribution is -2.30. The van der Waals surface area contributed by atoms with Crippen LogP contribution in [-0.4, -0.2) is 19.9 Å². The molecule has 0 amide bonds. The van der Waals surface area contributed by atoms with Crippen LogP contribution in [-0.2, 0) is 0 Å². The summed E-state index contributed by atoms with van der Waals surface area (Å²) in [5.41, 5.74) is 3.50. The van der Waals surface area contributed by atoms with Gasteiger partial charge < -0.3 is 10.4 Å². The molecule has 0 spiro atoms. The summed E-state index contributed by atoms with van der Waals surface area (Å²) in [6, 6.07) is 17.4. The van der Waals surface area contributed by atoms with Crippen molar-refractivity contribution in [3.05, 3.63) is 70.9 Å². The quantitative estimate of drug-likeness (QED) is 0.212. The molecule has 6 nitrogen and oxygen atoms in total. The van der Waals surface area contributed by atoms with Gasteiger partial charge in [-0.05, 0) is 30.3 Å². The summed E-state index contributed by atoms with van der Waals surface area (Å²) in [6.45, 7) is 0. The smallest absolute Gasteiger partial charge is 0.246 e. The van der Waals surface area contributed by atoms with Crippen molar-refractivity contribution in [1.29, 1.82) is 0 Å². The Balaban J connectivity index is 1.82. The second-order valence-corrected chi connectivity index (χ2v) is 6.42. The predicted octanol–water partition coefficient (Wildman–Crippen LogP) is 3.93. The van der Waals surface area contributed by atoms with Crippen molar-refractivity contribution in [3.63, 3.8) is 0 Å². The Morgan fingerprint density at radius 1 is 0.885 bits per heavy atom. The number of hydrogen-bond donors (Lipinski definition) is 1. The van der Waals surface area contributed by atoms with Crippen LogP contribution in [0.15, 0.2) is 60.7 Å². The van der Waals surface area contributed by atoms with Crippen LogP contribution in [0.4, 0.5) is 0 Å². The molecule has 26 heavy (non-hydrogen) atoms. The molecule has 0 aliphatic rings. The minimum absolute atomic E-state index is 0.321. The number of aromatic nitrogens is 4. The summed E-state index contributed by atoms with van der Waals surface area (Å²) in [5, 5.41) is 23.9. The predicted molar refractivity (Wildman–Crippen MR) is 99.1 cm³/mol. The minimum atomic E-state index is 0.321. The van der Waals surface area contributed by atoms with E-state index in [9.17, 15) is 10.4 Å². The number of rotatable bonds is 1. The molecule has 7 heteroatoms. The van der Waals surface area contributed by atoms with Crippen LogP contribution in [0.25, 0.3) is 44.5 Å². The van der Waals surface area contributed by atoms with Gasteiger partial charge in [-0.1, -0.05) is 23.7 Å². The van der Waals surface area contributed by atoms with Crippen molar-refractivity contribution < 1.29 is 9.94 Å². The average molecular weight is 363 g/mol. The van der Waals surface area contributed by atoms with Gasteiger partial charge in [0.05, 0.1) is 11.0 Å². The highest BCUT2D eigenvalue weighted by Gasteiger charge is 2.18. The van der Waals surface area contributed by atoms with Crippen molar-refractivity contribution >= 4 is 44.7 Å². The lowest BCUT2D eigenvalue weighted by atomic mass is 10.2. The van der Waals surface area contributed by atoms with Crippen LogP contribution in [0, 0.1) is 5.21 Å². The number of halogens is 1. The summed E-state index contributed by atoms with van der Waals surface area (Å²) in [7, 11) is 0. The first-order valence-electron chi connectivity index (χ1n) is 7.91. The van der Waals surface area contributed by atoms with Gasteiger partial charge in [0.2, 0.25) is 11.0 Å². The van der Waals surface area contributed by atoms with E-state index in [0.717, 1.165) is 15.0 Å². The van der Waals surface area contributed by atoms with E-state index in [-0.39, 0.29) is 0 Å². The van der Waals surface area contributed by atoms with Gasteiger partial charge in [-0.3, -0.25) is 0 Å². The Bertz CT molecular complexity index is 1230. The Labute approximate surface area is 152 Å². The molecule has 0 bridgehead atoms. The summed E-state index contributed by atoms with van der Waals surface area (Å²) >= 11 is 5.93. The number of imidazole rings is 1. The van der Waals surface area contributed by atoms with Crippen molar-refractivity contribution in [2.45, 2.75) is 0 Å². The van der Waals surface area contributed by atoms with Crippen LogP contribution in [0.2, 0.25) is 5.02 Å². The maximum atomic E-state index is 12.7. The lowest BCUT2D eigenvalue weighted by molar-refractivity contribution is -0.548. The van der Waals surface area contributed by atoms with E-state index >= 15 is 0 Å². The molecule has 5 rings (SSSR count). The molecule has 0 unspecified atom stereocenters. The first-order chi connectivity index (χ1) is 12.6. The van der Waals surface area contributed by atoms with Gasteiger partial charge in [-0.2, -0.15) is 9.46 Å². The molecule has 0 atom stereocenters. The molecule has 2 aromatic heterocycles. The van der Waals surface area contributed by atoms with E-state index in [1.54, 1.807) is 48.5 Å². The molecule has 0 saturated heterocycles. The van der Waals surface area contributed by atoms with Gasteiger partial charge in [-0.15, -0.1) is 0 Å². The van der Waals surface area contributed by atoms with Crippen LogP contribution >= 0.6 is 11.6 Å². The minimum Gasteiger partial charge on any atom is -0.618 e. The lowest BCUT2D eigenvalue weighted by Gasteiger charge is -2.09. The van der Waals surface area contributed by atoms with Crippen molar-refractivity contribution in [2.75, 3.05) is 0 Å². The average Bonchev–Trinajstić information content (AvgIpc) is 3.08. The van der Waals surface area contributed by atoms with Crippen molar-refractivity contribution in [1.82, 2.24) is 14.7 Å². The third-order valence-electron chi connectivity index (χ3n) is 4.40. The number of fused-ring (bicyclic) bond motifs is 3. The second kappa shape index (κ2) is 5.31. The molecule has 126 valence electrons. The van der Waals surface area contributed by atoms with Gasteiger partial charge in [0, 0.05) is 28.8 Å². The van der Waals surface area contributed by atoms with E-state index < -0.39 is 0 Å². The fourth-order valence-corrected chi connectivity index (χ4v) is 3.25. The zero-order valence-corrected chi connectivity index (χ0v) is 14.1. The Kier molecular flexibility index (Phi) is 3.05. The molecule has 1 N–H and O–H groups in total. The molecular weight excluding hydrogens is 352 g/mol. The van der Waals surface area contributed by atoms with Gasteiger partial charge in [-0.25, -0.2) is 9.97 Å². The fraction of sp³-hybridized carbons (Fsp3) is 0. The molecule has 3 aromatic carbocycles. The molecule has 0 saturated carbocycles. The topological polar surface area (TPSA) is 77.9 Å². The van der Waals surface area contributed by atoms with Crippen LogP contribution in [0.3, 0.4) is 0 Å². The number of para-hydroxylation sites is 2. The number of nitrogens with zero attached hydrogens (tertiary/aromatic N) is 4. The van der Waals surface area contributed by atoms with Crippen LogP contribution in [0.5, 0.6) is 0 Å². The zero-order chi connectivity index (χ0) is 17.8. The molecule has 0 radical (unpaired) electrons. The SMILES string of the molecule is [O-][n+]1c2ccccc2n(O)c2cc3nc(-c4ccc(Cl)cc4)nc3cc21. The first kappa shape index (κ1) is 14.9. The molecule has 0 aliphatic heterocycles. The van der Waals surface area contributed by atoms with Crippen molar-refractivity contribution in [2.24, 2.45) is 0 Å². The van der Waals surface area contributed by atoms with E-state index in [1.807, 2.05) is 12.1 Å². The van der Waals surface area contributed by atoms with Gasteiger partial charge >= 0.3 is 0 Å². The highest BCUT2D eigenvalue weighted by Crippen LogP contribution is 2.26. The van der Waals surface area contributed by atoms with E-state index in [1.165, 1.54) is 0 Å². The largest absolute Gasteiger partial charge is 0.618 e. The second-order valence-electron chi connectivity index (χ2n) is 5.98. The number of hydrogen-bond acceptors (Lipinski definition) is 4. The monoisotopic (exact) mass is 362 g/mol. The van der Waals surface area contributed by atoms with Gasteiger partial charge in [0.1, 0.15) is 0 Å². The standard InChI is InChI=1S/C19H11ClN4O2/c20-12-7-5-11(6-8-12)19-21-13-9-17-18(10-14(13)22-19)24(26)16-4-2-1-3-15(16)23(17)25/h1-10,25H. The zero-order valence-electron chi connectivity index (χ0n) is 13.3. The van der Waals surface area contributed by atoms with Crippen LogP contribution < -0.4 is 4.73 Å². The van der Waals surface area contributed by atoms with Crippen molar-refractivity contribution in [3.8, 4) is 11.4 Å². The van der Waals surface area contributed by atoms with E-state index in [0.29, 0.717) is 43.9 Å². The third-order valence-corrected chi connectivity index (χ3v) is 4.65. The summed E-state index contributed by atoms with van der Waals surface area (Å²) < 4.78 is 1.81. The molecule has 0 fully saturated rings. The van der Waals surface area contributed by atoms with Crippen LogP contribution in [0.1, 0.15) is 0 Å². The van der Waals surface area contributed by atoms with E-state index in [4.69, 9.17) is 11.6 Å². The molecule has 0 aliphatic carbocycles. The normalized spacial score (nSPS) is 11.6. The Morgan fingerprint density at radius 3 is 2.35 bits per heavy atom. The maximum Gasteiger partial charge on any atom is 0.246 e. The Morgan fingerprint density at radius 2 is 1.58 bits per heavy atom. The van der Waals surface area contributed by atoms with E-state index in [2.05, 4.69) is 9.97 Å². The summed E-state index contributed by atoms with van der Waals surface area (Å²) in [6.07, 6.45) is 0. The highest BCUT2D eigenvalue weighted by molar-refractivity contribution is 6.30. The Hall–Kier alpha value is -3.38. The fourth-order valence-electron chi connectivity index (χ4n) is 3.12.